The molecule has 0 aromatic heterocycles. The Hall–Kier alpha value is -2.27. The third kappa shape index (κ3) is 3.40. The van der Waals surface area contributed by atoms with E-state index in [4.69, 9.17) is 0 Å². The number of nitrogens with one attached hydrogen (secondary N) is 2. The Morgan fingerprint density at radius 2 is 1.96 bits per heavy atom. The standard InChI is InChI=1S/C18H18N2O2S/c1-11-6-5-8-13(12(11)2)19-17(21)10-16-18(22)20-14-7-3-4-9-15(14)23-16/h3-9,16H,10H2,1-2H3,(H,19,21)(H,20,22)/t16-/m1/s1. The quantitative estimate of drug-likeness (QED) is 0.903. The molecule has 5 heteroatoms. The van der Waals surface area contributed by atoms with E-state index in [0.717, 1.165) is 27.4 Å². The van der Waals surface area contributed by atoms with Gasteiger partial charge in [-0.05, 0) is 43.2 Å². The lowest BCUT2D eigenvalue weighted by Crippen LogP contribution is -2.32. The van der Waals surface area contributed by atoms with Crippen LogP contribution in [0.1, 0.15) is 17.5 Å². The van der Waals surface area contributed by atoms with Crippen LogP contribution in [0.15, 0.2) is 47.4 Å². The molecule has 0 fully saturated rings. The SMILES string of the molecule is Cc1cccc(NC(=O)C[C@H]2Sc3ccccc3NC2=O)c1C. The molecule has 23 heavy (non-hydrogen) atoms. The minimum atomic E-state index is -0.407. The van der Waals surface area contributed by atoms with Crippen LogP contribution < -0.4 is 10.6 Å². The summed E-state index contributed by atoms with van der Waals surface area (Å²) in [4.78, 5) is 25.4. The second kappa shape index (κ2) is 6.46. The Kier molecular flexibility index (Phi) is 4.39. The first-order valence-electron chi connectivity index (χ1n) is 7.47. The number of anilines is 2. The molecule has 2 N–H and O–H groups in total. The molecular formula is C18H18N2O2S. The minimum absolute atomic E-state index is 0.121. The van der Waals surface area contributed by atoms with Crippen molar-refractivity contribution in [1.29, 1.82) is 0 Å². The van der Waals surface area contributed by atoms with E-state index in [0.29, 0.717) is 0 Å². The maximum Gasteiger partial charge on any atom is 0.238 e. The summed E-state index contributed by atoms with van der Waals surface area (Å²) < 4.78 is 0. The zero-order valence-electron chi connectivity index (χ0n) is 13.1. The molecule has 0 saturated heterocycles. The van der Waals surface area contributed by atoms with Gasteiger partial charge in [-0.2, -0.15) is 0 Å². The van der Waals surface area contributed by atoms with E-state index in [2.05, 4.69) is 10.6 Å². The smallest absolute Gasteiger partial charge is 0.238 e. The van der Waals surface area contributed by atoms with Gasteiger partial charge in [0.1, 0.15) is 0 Å². The number of para-hydroxylation sites is 1. The predicted octanol–water partition coefficient (Wildman–Crippen LogP) is 3.75. The Bertz CT molecular complexity index is 773. The van der Waals surface area contributed by atoms with Crippen molar-refractivity contribution in [3.63, 3.8) is 0 Å². The lowest BCUT2D eigenvalue weighted by Gasteiger charge is -2.23. The van der Waals surface area contributed by atoms with Crippen LogP contribution in [0.4, 0.5) is 11.4 Å². The van der Waals surface area contributed by atoms with E-state index in [9.17, 15) is 9.59 Å². The molecule has 3 rings (SSSR count). The minimum Gasteiger partial charge on any atom is -0.326 e. The number of fused-ring (bicyclic) bond motifs is 1. The largest absolute Gasteiger partial charge is 0.326 e. The van der Waals surface area contributed by atoms with Crippen LogP contribution in [0.25, 0.3) is 0 Å². The zero-order valence-corrected chi connectivity index (χ0v) is 13.9. The highest BCUT2D eigenvalue weighted by Crippen LogP contribution is 2.36. The normalized spacial score (nSPS) is 16.4. The van der Waals surface area contributed by atoms with Crippen LogP contribution in [0.2, 0.25) is 0 Å². The van der Waals surface area contributed by atoms with Gasteiger partial charge in [0, 0.05) is 17.0 Å². The van der Waals surface area contributed by atoms with E-state index in [-0.39, 0.29) is 18.2 Å². The average Bonchev–Trinajstić information content (AvgIpc) is 2.52. The summed E-state index contributed by atoms with van der Waals surface area (Å²) in [5, 5.41) is 5.36. The van der Waals surface area contributed by atoms with E-state index in [1.807, 2.05) is 56.3 Å². The Balaban J connectivity index is 1.69. The summed E-state index contributed by atoms with van der Waals surface area (Å²) in [5.74, 6) is -0.268. The maximum atomic E-state index is 12.3. The highest BCUT2D eigenvalue weighted by atomic mass is 32.2. The molecule has 1 heterocycles. The van der Waals surface area contributed by atoms with Crippen LogP contribution in [0, 0.1) is 13.8 Å². The fraction of sp³-hybridized carbons (Fsp3) is 0.222. The van der Waals surface area contributed by atoms with E-state index in [1.54, 1.807) is 0 Å². The molecule has 1 aliphatic rings. The molecule has 4 nitrogen and oxygen atoms in total. The van der Waals surface area contributed by atoms with Gasteiger partial charge in [0.05, 0.1) is 10.9 Å². The van der Waals surface area contributed by atoms with Crippen molar-refractivity contribution in [3.05, 3.63) is 53.6 Å². The summed E-state index contributed by atoms with van der Waals surface area (Å²) in [6, 6.07) is 13.4. The predicted molar refractivity (Wildman–Crippen MR) is 93.9 cm³/mol. The zero-order chi connectivity index (χ0) is 16.4. The number of hydrogen-bond acceptors (Lipinski definition) is 3. The van der Waals surface area contributed by atoms with Gasteiger partial charge in [-0.3, -0.25) is 9.59 Å². The summed E-state index contributed by atoms with van der Waals surface area (Å²) >= 11 is 1.44. The van der Waals surface area contributed by atoms with E-state index >= 15 is 0 Å². The topological polar surface area (TPSA) is 58.2 Å². The van der Waals surface area contributed by atoms with Gasteiger partial charge in [0.25, 0.3) is 0 Å². The molecule has 0 radical (unpaired) electrons. The number of rotatable bonds is 3. The third-order valence-corrected chi connectivity index (χ3v) is 5.23. The van der Waals surface area contributed by atoms with Crippen LogP contribution in [-0.2, 0) is 9.59 Å². The lowest BCUT2D eigenvalue weighted by atomic mass is 10.1. The monoisotopic (exact) mass is 326 g/mol. The average molecular weight is 326 g/mol. The van der Waals surface area contributed by atoms with Crippen molar-refractivity contribution in [1.82, 2.24) is 0 Å². The molecule has 1 aliphatic heterocycles. The highest BCUT2D eigenvalue weighted by molar-refractivity contribution is 8.01. The van der Waals surface area contributed by atoms with Crippen molar-refractivity contribution in [2.75, 3.05) is 10.6 Å². The molecule has 0 bridgehead atoms. The molecule has 2 aromatic rings. The molecule has 2 aromatic carbocycles. The van der Waals surface area contributed by atoms with E-state index in [1.165, 1.54) is 11.8 Å². The van der Waals surface area contributed by atoms with Crippen molar-refractivity contribution in [2.45, 2.75) is 30.4 Å². The second-order valence-electron chi connectivity index (χ2n) is 5.59. The Morgan fingerprint density at radius 1 is 1.17 bits per heavy atom. The molecule has 1 atom stereocenters. The number of thioether (sulfide) groups is 1. The van der Waals surface area contributed by atoms with Gasteiger partial charge in [0.15, 0.2) is 0 Å². The van der Waals surface area contributed by atoms with Gasteiger partial charge < -0.3 is 10.6 Å². The van der Waals surface area contributed by atoms with Gasteiger partial charge in [-0.15, -0.1) is 11.8 Å². The first kappa shape index (κ1) is 15.6. The first-order valence-corrected chi connectivity index (χ1v) is 8.35. The number of aryl methyl sites for hydroxylation is 1. The summed E-state index contributed by atoms with van der Waals surface area (Å²) in [5.41, 5.74) is 3.79. The van der Waals surface area contributed by atoms with Crippen molar-refractivity contribution < 1.29 is 9.59 Å². The molecule has 2 amide bonds. The third-order valence-electron chi connectivity index (χ3n) is 3.96. The summed E-state index contributed by atoms with van der Waals surface area (Å²) in [7, 11) is 0. The van der Waals surface area contributed by atoms with Crippen LogP contribution >= 0.6 is 11.8 Å². The Morgan fingerprint density at radius 3 is 2.78 bits per heavy atom. The van der Waals surface area contributed by atoms with Gasteiger partial charge >= 0.3 is 0 Å². The summed E-state index contributed by atoms with van der Waals surface area (Å²) in [6.07, 6.45) is 0.151. The molecule has 118 valence electrons. The van der Waals surface area contributed by atoms with E-state index < -0.39 is 5.25 Å². The summed E-state index contributed by atoms with van der Waals surface area (Å²) in [6.45, 7) is 3.98. The lowest BCUT2D eigenvalue weighted by molar-refractivity contribution is -0.120. The van der Waals surface area contributed by atoms with Gasteiger partial charge in [-0.1, -0.05) is 24.3 Å². The van der Waals surface area contributed by atoms with Crippen molar-refractivity contribution in [3.8, 4) is 0 Å². The van der Waals surface area contributed by atoms with Crippen LogP contribution in [0.3, 0.4) is 0 Å². The van der Waals surface area contributed by atoms with Crippen molar-refractivity contribution in [2.24, 2.45) is 0 Å². The molecule has 0 saturated carbocycles. The maximum absolute atomic E-state index is 12.3. The van der Waals surface area contributed by atoms with Crippen LogP contribution in [-0.4, -0.2) is 17.1 Å². The number of carbonyl (C=O) groups excluding carboxylic acids is 2. The second-order valence-corrected chi connectivity index (χ2v) is 6.84. The first-order chi connectivity index (χ1) is 11.0. The highest BCUT2D eigenvalue weighted by Gasteiger charge is 2.28. The van der Waals surface area contributed by atoms with Gasteiger partial charge in [0.2, 0.25) is 11.8 Å². The molecule has 0 aliphatic carbocycles. The Labute approximate surface area is 139 Å². The molecule has 0 spiro atoms. The number of carbonyl (C=O) groups is 2. The van der Waals surface area contributed by atoms with Crippen LogP contribution in [0.5, 0.6) is 0 Å². The fourth-order valence-electron chi connectivity index (χ4n) is 2.48. The van der Waals surface area contributed by atoms with Gasteiger partial charge in [-0.25, -0.2) is 0 Å². The number of benzene rings is 2. The molecular weight excluding hydrogens is 308 g/mol. The fourth-order valence-corrected chi connectivity index (χ4v) is 3.59. The number of hydrogen-bond donors (Lipinski definition) is 2. The molecule has 0 unspecified atom stereocenters. The number of amides is 2. The van der Waals surface area contributed by atoms with Crippen molar-refractivity contribution >= 4 is 35.0 Å².